The molecule has 3 N–H and O–H groups in total. The zero-order valence-electron chi connectivity index (χ0n) is 11.2. The largest absolute Gasteiger partial charge is 0.330 e. The fraction of sp³-hybridized carbons (Fsp3) is 0.500. The van der Waals surface area contributed by atoms with Crippen molar-refractivity contribution >= 4 is 34.9 Å². The molecule has 1 saturated heterocycles. The van der Waals surface area contributed by atoms with E-state index < -0.39 is 0 Å². The molecule has 20 heavy (non-hydrogen) atoms. The fourth-order valence-corrected chi connectivity index (χ4v) is 2.90. The number of hydrogen-bond donors (Lipinski definition) is 2. The topological polar surface area (TPSA) is 58.4 Å². The van der Waals surface area contributed by atoms with Gasteiger partial charge in [0.2, 0.25) is 0 Å². The fourth-order valence-electron chi connectivity index (χ4n) is 2.45. The summed E-state index contributed by atoms with van der Waals surface area (Å²) in [6.45, 7) is 2.25. The van der Waals surface area contributed by atoms with Crippen molar-refractivity contribution in [3.8, 4) is 0 Å². The Balaban J connectivity index is 1.89. The van der Waals surface area contributed by atoms with E-state index in [1.165, 1.54) is 0 Å². The highest BCUT2D eigenvalue weighted by Crippen LogP contribution is 2.26. The zero-order chi connectivity index (χ0) is 14.5. The Kier molecular flexibility index (Phi) is 5.52. The van der Waals surface area contributed by atoms with Gasteiger partial charge in [0.15, 0.2) is 0 Å². The Morgan fingerprint density at radius 3 is 2.65 bits per heavy atom. The van der Waals surface area contributed by atoms with E-state index in [0.29, 0.717) is 21.7 Å². The smallest absolute Gasteiger partial charge is 0.321 e. The number of carbonyl (C=O) groups is 1. The van der Waals surface area contributed by atoms with Crippen molar-refractivity contribution in [2.24, 2.45) is 11.7 Å². The number of urea groups is 1. The molecule has 2 amide bonds. The molecule has 1 aliphatic heterocycles. The Morgan fingerprint density at radius 2 is 2.05 bits per heavy atom. The van der Waals surface area contributed by atoms with Gasteiger partial charge in [0.25, 0.3) is 0 Å². The van der Waals surface area contributed by atoms with E-state index in [9.17, 15) is 4.79 Å². The third kappa shape index (κ3) is 4.01. The van der Waals surface area contributed by atoms with Crippen LogP contribution in [-0.2, 0) is 0 Å². The van der Waals surface area contributed by atoms with Gasteiger partial charge in [0.1, 0.15) is 0 Å². The molecule has 4 nitrogen and oxygen atoms in total. The molecule has 2 rings (SSSR count). The van der Waals surface area contributed by atoms with Crippen LogP contribution in [0.4, 0.5) is 10.5 Å². The molecular formula is C14H19Cl2N3O. The lowest BCUT2D eigenvalue weighted by atomic mass is 9.94. The second-order valence-corrected chi connectivity index (χ2v) is 5.91. The number of nitrogens with zero attached hydrogens (tertiary/aromatic N) is 1. The van der Waals surface area contributed by atoms with Crippen LogP contribution in [0.2, 0.25) is 10.0 Å². The number of nitrogens with one attached hydrogen (secondary N) is 1. The molecule has 1 aliphatic rings. The van der Waals surface area contributed by atoms with Crippen molar-refractivity contribution in [2.45, 2.75) is 19.3 Å². The first-order valence-corrected chi connectivity index (χ1v) is 7.57. The highest BCUT2D eigenvalue weighted by atomic mass is 35.5. The first-order chi connectivity index (χ1) is 9.60. The highest BCUT2D eigenvalue weighted by molar-refractivity contribution is 6.36. The number of amides is 2. The van der Waals surface area contributed by atoms with Crippen LogP contribution in [0.25, 0.3) is 0 Å². The van der Waals surface area contributed by atoms with Gasteiger partial charge < -0.3 is 16.0 Å². The third-order valence-corrected chi connectivity index (χ3v) is 4.20. The number of carbonyl (C=O) groups excluding carboxylic acids is 1. The van der Waals surface area contributed by atoms with E-state index in [-0.39, 0.29) is 6.03 Å². The predicted molar refractivity (Wildman–Crippen MR) is 83.4 cm³/mol. The first-order valence-electron chi connectivity index (χ1n) is 6.81. The van der Waals surface area contributed by atoms with E-state index in [1.807, 2.05) is 4.90 Å². The highest BCUT2D eigenvalue weighted by Gasteiger charge is 2.22. The van der Waals surface area contributed by atoms with Gasteiger partial charge in [-0.25, -0.2) is 4.79 Å². The molecule has 0 bridgehead atoms. The second-order valence-electron chi connectivity index (χ2n) is 5.06. The summed E-state index contributed by atoms with van der Waals surface area (Å²) in [6, 6.07) is 4.92. The van der Waals surface area contributed by atoms with Crippen LogP contribution < -0.4 is 11.1 Å². The minimum absolute atomic E-state index is 0.111. The lowest BCUT2D eigenvalue weighted by molar-refractivity contribution is 0.180. The van der Waals surface area contributed by atoms with Crippen LogP contribution in [-0.4, -0.2) is 30.6 Å². The molecule has 1 fully saturated rings. The summed E-state index contributed by atoms with van der Waals surface area (Å²) in [4.78, 5) is 14.0. The molecule has 1 aromatic carbocycles. The van der Waals surface area contributed by atoms with Gasteiger partial charge in [-0.15, -0.1) is 0 Å². The van der Waals surface area contributed by atoms with Crippen LogP contribution in [0.3, 0.4) is 0 Å². The molecule has 110 valence electrons. The molecule has 0 saturated carbocycles. The number of piperidine rings is 1. The molecular weight excluding hydrogens is 297 g/mol. The normalized spacial score (nSPS) is 16.2. The summed E-state index contributed by atoms with van der Waals surface area (Å²) in [5.41, 5.74) is 6.15. The summed E-state index contributed by atoms with van der Waals surface area (Å²) in [6.07, 6.45) is 3.07. The number of halogens is 2. The third-order valence-electron chi connectivity index (χ3n) is 3.65. The minimum Gasteiger partial charge on any atom is -0.330 e. The van der Waals surface area contributed by atoms with Crippen molar-refractivity contribution in [3.05, 3.63) is 28.2 Å². The van der Waals surface area contributed by atoms with Gasteiger partial charge in [-0.1, -0.05) is 23.2 Å². The number of likely N-dealkylation sites (tertiary alicyclic amines) is 1. The Morgan fingerprint density at radius 1 is 1.35 bits per heavy atom. The van der Waals surface area contributed by atoms with E-state index in [1.54, 1.807) is 18.2 Å². The Hall–Kier alpha value is -0.970. The number of nitrogens with two attached hydrogens (primary N) is 1. The molecule has 6 heteroatoms. The van der Waals surface area contributed by atoms with Crippen molar-refractivity contribution in [1.29, 1.82) is 0 Å². The van der Waals surface area contributed by atoms with Crippen molar-refractivity contribution in [1.82, 2.24) is 4.90 Å². The van der Waals surface area contributed by atoms with Gasteiger partial charge >= 0.3 is 6.03 Å². The van der Waals surface area contributed by atoms with Crippen LogP contribution in [0.5, 0.6) is 0 Å². The van der Waals surface area contributed by atoms with Gasteiger partial charge in [-0.05, 0) is 49.9 Å². The molecule has 1 heterocycles. The maximum atomic E-state index is 12.2. The molecule has 0 aliphatic carbocycles. The van der Waals surface area contributed by atoms with E-state index in [4.69, 9.17) is 28.9 Å². The van der Waals surface area contributed by atoms with Crippen molar-refractivity contribution < 1.29 is 4.79 Å². The molecule has 0 aromatic heterocycles. The van der Waals surface area contributed by atoms with Crippen LogP contribution in [0, 0.1) is 5.92 Å². The molecule has 0 radical (unpaired) electrons. The average molecular weight is 316 g/mol. The quantitative estimate of drug-likeness (QED) is 0.895. The summed E-state index contributed by atoms with van der Waals surface area (Å²) < 4.78 is 0. The summed E-state index contributed by atoms with van der Waals surface area (Å²) in [7, 11) is 0. The molecule has 1 aromatic rings. The molecule has 0 atom stereocenters. The van der Waals surface area contributed by atoms with Crippen LogP contribution in [0.15, 0.2) is 18.2 Å². The van der Waals surface area contributed by atoms with E-state index in [0.717, 1.165) is 38.9 Å². The molecule has 0 unspecified atom stereocenters. The van der Waals surface area contributed by atoms with Crippen LogP contribution in [0.1, 0.15) is 19.3 Å². The van der Waals surface area contributed by atoms with E-state index >= 15 is 0 Å². The monoisotopic (exact) mass is 315 g/mol. The van der Waals surface area contributed by atoms with Gasteiger partial charge in [0, 0.05) is 18.1 Å². The van der Waals surface area contributed by atoms with Crippen molar-refractivity contribution in [3.63, 3.8) is 0 Å². The molecule has 0 spiro atoms. The van der Waals surface area contributed by atoms with Gasteiger partial charge in [-0.2, -0.15) is 0 Å². The number of anilines is 1. The average Bonchev–Trinajstić information content (AvgIpc) is 2.43. The Labute approximate surface area is 129 Å². The SMILES string of the molecule is NCCC1CCN(C(=O)Nc2ccc(Cl)cc2Cl)CC1. The maximum Gasteiger partial charge on any atom is 0.321 e. The van der Waals surface area contributed by atoms with E-state index in [2.05, 4.69) is 5.32 Å². The lowest BCUT2D eigenvalue weighted by Crippen LogP contribution is -2.41. The van der Waals surface area contributed by atoms with Gasteiger partial charge in [-0.3, -0.25) is 0 Å². The first kappa shape index (κ1) is 15.4. The number of rotatable bonds is 3. The second kappa shape index (κ2) is 7.16. The number of hydrogen-bond acceptors (Lipinski definition) is 2. The lowest BCUT2D eigenvalue weighted by Gasteiger charge is -2.32. The number of benzene rings is 1. The van der Waals surface area contributed by atoms with Crippen LogP contribution >= 0.6 is 23.2 Å². The summed E-state index contributed by atoms with van der Waals surface area (Å²) in [5, 5.41) is 3.83. The van der Waals surface area contributed by atoms with Gasteiger partial charge in [0.05, 0.1) is 10.7 Å². The zero-order valence-corrected chi connectivity index (χ0v) is 12.8. The summed E-state index contributed by atoms with van der Waals surface area (Å²) in [5.74, 6) is 0.642. The standard InChI is InChI=1S/C14H19Cl2N3O/c15-11-1-2-13(12(16)9-11)18-14(20)19-7-4-10(3-6-17)5-8-19/h1-2,9-10H,3-8,17H2,(H,18,20). The summed E-state index contributed by atoms with van der Waals surface area (Å²) >= 11 is 11.9. The maximum absolute atomic E-state index is 12.2. The minimum atomic E-state index is -0.111. The predicted octanol–water partition coefficient (Wildman–Crippen LogP) is 3.59. The van der Waals surface area contributed by atoms with Crippen molar-refractivity contribution in [2.75, 3.05) is 25.0 Å². The Bertz CT molecular complexity index is 473.